The predicted octanol–water partition coefficient (Wildman–Crippen LogP) is -0.385. The van der Waals surface area contributed by atoms with Crippen LogP contribution in [0.2, 0.25) is 0 Å². The van der Waals surface area contributed by atoms with Gasteiger partial charge in [-0.15, -0.1) is 0 Å². The number of nitrogen functional groups attached to an aromatic ring is 1. The van der Waals surface area contributed by atoms with Gasteiger partial charge in [-0.2, -0.15) is 0 Å². The van der Waals surface area contributed by atoms with E-state index in [9.17, 15) is 34.1 Å². The number of para-hydroxylation sites is 1. The van der Waals surface area contributed by atoms with E-state index in [1.54, 1.807) is 18.2 Å². The molecule has 1 saturated heterocycles. The minimum absolute atomic E-state index is 0.00649. The summed E-state index contributed by atoms with van der Waals surface area (Å²) in [6.07, 6.45) is 0.880. The maximum absolute atomic E-state index is 13.1. The van der Waals surface area contributed by atoms with E-state index in [-0.39, 0.29) is 29.9 Å². The number of anilines is 1. The average Bonchev–Trinajstić information content (AvgIpc) is 3.41. The van der Waals surface area contributed by atoms with Crippen molar-refractivity contribution in [3.8, 4) is 0 Å². The van der Waals surface area contributed by atoms with Crippen LogP contribution < -0.4 is 27.4 Å². The first-order chi connectivity index (χ1) is 19.0. The summed E-state index contributed by atoms with van der Waals surface area (Å²) in [6, 6.07) is 8.89. The van der Waals surface area contributed by atoms with Crippen LogP contribution in [0, 0.1) is 10.1 Å². The number of likely N-dealkylation sites (tertiary alicyclic amines) is 1. The van der Waals surface area contributed by atoms with Crippen molar-refractivity contribution in [2.75, 3.05) is 18.8 Å². The van der Waals surface area contributed by atoms with Crippen LogP contribution in [-0.4, -0.2) is 70.6 Å². The fourth-order valence-electron chi connectivity index (χ4n) is 4.35. The van der Waals surface area contributed by atoms with E-state index < -0.39 is 59.1 Å². The highest BCUT2D eigenvalue weighted by Gasteiger charge is 2.37. The molecule has 0 unspecified atom stereocenters. The number of hydrogen-bond acceptors (Lipinski definition) is 8. The summed E-state index contributed by atoms with van der Waals surface area (Å²) < 4.78 is 0. The Morgan fingerprint density at radius 3 is 2.38 bits per heavy atom. The van der Waals surface area contributed by atoms with Gasteiger partial charge in [0, 0.05) is 30.8 Å². The van der Waals surface area contributed by atoms with Crippen molar-refractivity contribution in [1.82, 2.24) is 20.9 Å². The Hall–Kier alpha value is -5.01. The lowest BCUT2D eigenvalue weighted by Gasteiger charge is -2.28. The molecule has 7 N–H and O–H groups in total. The van der Waals surface area contributed by atoms with Gasteiger partial charge in [0.15, 0.2) is 0 Å². The molecule has 5 amide bonds. The molecular weight excluding hydrogens is 522 g/mol. The summed E-state index contributed by atoms with van der Waals surface area (Å²) >= 11 is 0. The molecule has 1 aliphatic heterocycles. The lowest BCUT2D eigenvalue weighted by atomic mass is 10.0. The van der Waals surface area contributed by atoms with Crippen LogP contribution in [0.25, 0.3) is 0 Å². The number of primary amides is 1. The van der Waals surface area contributed by atoms with Crippen molar-refractivity contribution in [2.45, 2.75) is 44.3 Å². The van der Waals surface area contributed by atoms with Crippen LogP contribution in [0.3, 0.4) is 0 Å². The van der Waals surface area contributed by atoms with Crippen molar-refractivity contribution in [1.29, 1.82) is 0 Å². The summed E-state index contributed by atoms with van der Waals surface area (Å²) in [5.74, 6) is -3.04. The van der Waals surface area contributed by atoms with E-state index in [0.717, 1.165) is 0 Å². The second kappa shape index (κ2) is 13.2. The van der Waals surface area contributed by atoms with Crippen LogP contribution >= 0.6 is 0 Å². The molecule has 3 rings (SSSR count). The highest BCUT2D eigenvalue weighted by Crippen LogP contribution is 2.19. The molecule has 14 heteroatoms. The molecule has 0 bridgehead atoms. The van der Waals surface area contributed by atoms with Gasteiger partial charge >= 0.3 is 0 Å². The molecule has 212 valence electrons. The van der Waals surface area contributed by atoms with Gasteiger partial charge in [0.1, 0.15) is 18.1 Å². The number of nitrogens with zero attached hydrogens (tertiary/aromatic N) is 2. The number of amides is 5. The van der Waals surface area contributed by atoms with Crippen molar-refractivity contribution in [3.63, 3.8) is 0 Å². The number of nitrogens with one attached hydrogen (secondary N) is 3. The molecule has 1 heterocycles. The Balaban J connectivity index is 1.55. The molecular formula is C26H31N7O7. The van der Waals surface area contributed by atoms with Gasteiger partial charge < -0.3 is 32.3 Å². The summed E-state index contributed by atoms with van der Waals surface area (Å²) in [6.45, 7) is 1.34. The fourth-order valence-corrected chi connectivity index (χ4v) is 4.35. The molecule has 1 aliphatic rings. The monoisotopic (exact) mass is 553 g/mol. The molecule has 2 aromatic carbocycles. The molecule has 0 spiro atoms. The number of carbonyl (C=O) groups is 5. The maximum atomic E-state index is 13.1. The molecule has 0 radical (unpaired) electrons. The van der Waals surface area contributed by atoms with Gasteiger partial charge in [0.25, 0.3) is 11.6 Å². The molecule has 0 saturated carbocycles. The minimum atomic E-state index is -1.11. The lowest BCUT2D eigenvalue weighted by molar-refractivity contribution is -0.384. The SMILES string of the molecule is C[C@H](NC(=O)CNC(=O)c1ccccc1N)C(=O)N1CCC[C@H]1C(=O)N[C@@H](Cc1ccc([N+](=O)[O-])cc1)C(N)=O. The zero-order valence-electron chi connectivity index (χ0n) is 21.8. The first-order valence-corrected chi connectivity index (χ1v) is 12.5. The third kappa shape index (κ3) is 7.52. The number of nitrogens with two attached hydrogens (primary N) is 2. The Labute approximate surface area is 229 Å². The second-order valence-corrected chi connectivity index (χ2v) is 9.34. The fraction of sp³-hybridized carbons (Fsp3) is 0.346. The number of nitro benzene ring substituents is 1. The third-order valence-corrected chi connectivity index (χ3v) is 6.45. The van der Waals surface area contributed by atoms with Crippen LogP contribution in [0.1, 0.15) is 35.7 Å². The summed E-state index contributed by atoms with van der Waals surface area (Å²) in [5, 5.41) is 18.4. The van der Waals surface area contributed by atoms with Gasteiger partial charge in [-0.3, -0.25) is 34.1 Å². The minimum Gasteiger partial charge on any atom is -0.398 e. The van der Waals surface area contributed by atoms with E-state index in [4.69, 9.17) is 11.5 Å². The molecule has 0 aliphatic carbocycles. The number of carbonyl (C=O) groups excluding carboxylic acids is 5. The smallest absolute Gasteiger partial charge is 0.269 e. The standard InChI is InChI=1S/C26H31N7O7/c1-15(30-22(34)14-29-24(36)18-5-2-3-6-19(18)27)26(38)32-12-4-7-21(32)25(37)31-20(23(28)35)13-16-8-10-17(11-9-16)33(39)40/h2-3,5-6,8-11,15,20-21H,4,7,12-14,27H2,1H3,(H2,28,35)(H,29,36)(H,30,34)(H,31,37)/t15-,20-,21-/m0/s1. The van der Waals surface area contributed by atoms with Crippen molar-refractivity contribution < 1.29 is 28.9 Å². The van der Waals surface area contributed by atoms with Crippen molar-refractivity contribution >= 4 is 40.9 Å². The first kappa shape index (κ1) is 29.5. The molecule has 3 atom stereocenters. The number of rotatable bonds is 11. The van der Waals surface area contributed by atoms with Gasteiger partial charge in [-0.1, -0.05) is 24.3 Å². The zero-order chi connectivity index (χ0) is 29.4. The van der Waals surface area contributed by atoms with Gasteiger partial charge in [0.2, 0.25) is 23.6 Å². The first-order valence-electron chi connectivity index (χ1n) is 12.5. The molecule has 0 aromatic heterocycles. The Kier molecular flexibility index (Phi) is 9.73. The quantitative estimate of drug-likeness (QED) is 0.140. The molecule has 40 heavy (non-hydrogen) atoms. The highest BCUT2D eigenvalue weighted by atomic mass is 16.6. The van der Waals surface area contributed by atoms with E-state index >= 15 is 0 Å². The Morgan fingerprint density at radius 2 is 1.75 bits per heavy atom. The Bertz CT molecular complexity index is 1300. The van der Waals surface area contributed by atoms with Crippen LogP contribution in [-0.2, 0) is 25.6 Å². The van der Waals surface area contributed by atoms with E-state index in [0.29, 0.717) is 18.4 Å². The van der Waals surface area contributed by atoms with Crippen LogP contribution in [0.5, 0.6) is 0 Å². The van der Waals surface area contributed by atoms with Gasteiger partial charge in [0.05, 0.1) is 17.0 Å². The van der Waals surface area contributed by atoms with Crippen LogP contribution in [0.4, 0.5) is 11.4 Å². The van der Waals surface area contributed by atoms with E-state index in [1.165, 1.54) is 42.2 Å². The summed E-state index contributed by atoms with van der Waals surface area (Å²) in [4.78, 5) is 74.4. The average molecular weight is 554 g/mol. The second-order valence-electron chi connectivity index (χ2n) is 9.34. The number of non-ortho nitro benzene ring substituents is 1. The largest absolute Gasteiger partial charge is 0.398 e. The lowest BCUT2D eigenvalue weighted by Crippen LogP contribution is -2.56. The summed E-state index contributed by atoms with van der Waals surface area (Å²) in [5.41, 5.74) is 12.1. The topological polar surface area (TPSA) is 220 Å². The number of hydrogen-bond donors (Lipinski definition) is 5. The normalized spacial score (nSPS) is 15.9. The maximum Gasteiger partial charge on any atom is 0.269 e. The highest BCUT2D eigenvalue weighted by molar-refractivity contribution is 6.01. The summed E-state index contributed by atoms with van der Waals surface area (Å²) in [7, 11) is 0. The van der Waals surface area contributed by atoms with Crippen LogP contribution in [0.15, 0.2) is 48.5 Å². The molecule has 14 nitrogen and oxygen atoms in total. The molecule has 2 aromatic rings. The number of benzene rings is 2. The van der Waals surface area contributed by atoms with E-state index in [2.05, 4.69) is 16.0 Å². The van der Waals surface area contributed by atoms with Gasteiger partial charge in [-0.25, -0.2) is 0 Å². The van der Waals surface area contributed by atoms with E-state index in [1.807, 2.05) is 0 Å². The predicted molar refractivity (Wildman–Crippen MR) is 143 cm³/mol. The third-order valence-electron chi connectivity index (χ3n) is 6.45. The van der Waals surface area contributed by atoms with Crippen molar-refractivity contribution in [3.05, 3.63) is 69.8 Å². The molecule has 1 fully saturated rings. The van der Waals surface area contributed by atoms with Gasteiger partial charge in [-0.05, 0) is 37.5 Å². The number of nitro groups is 1. The Morgan fingerprint density at radius 1 is 1.07 bits per heavy atom. The van der Waals surface area contributed by atoms with Crippen molar-refractivity contribution in [2.24, 2.45) is 5.73 Å². The zero-order valence-corrected chi connectivity index (χ0v) is 21.8.